The van der Waals surface area contributed by atoms with Gasteiger partial charge in [-0.15, -0.1) is 0 Å². The predicted octanol–water partition coefficient (Wildman–Crippen LogP) is 3.86. The van der Waals surface area contributed by atoms with Crippen LogP contribution in [0.3, 0.4) is 0 Å². The molecular weight excluding hydrogens is 439 g/mol. The Kier molecular flexibility index (Phi) is 5.35. The zero-order valence-corrected chi connectivity index (χ0v) is 18.5. The van der Waals surface area contributed by atoms with Crippen LogP contribution in [0.25, 0.3) is 22.5 Å². The Bertz CT molecular complexity index is 1420. The number of aliphatic carboxylic acids is 1. The lowest BCUT2D eigenvalue weighted by molar-refractivity contribution is -0.142. The van der Waals surface area contributed by atoms with Crippen molar-refractivity contribution in [1.29, 1.82) is 0 Å². The molecule has 0 aliphatic heterocycles. The molecule has 0 saturated heterocycles. The van der Waals surface area contributed by atoms with Gasteiger partial charge in [0.05, 0.1) is 29.6 Å². The third-order valence-electron chi connectivity index (χ3n) is 6.52. The van der Waals surface area contributed by atoms with Gasteiger partial charge in [-0.05, 0) is 44.7 Å². The molecule has 0 spiro atoms. The molecule has 3 N–H and O–H groups in total. The monoisotopic (exact) mass is 462 g/mol. The number of hydrogen-bond donors (Lipinski definition) is 2. The minimum atomic E-state index is -0.793. The quantitative estimate of drug-likeness (QED) is 0.431. The van der Waals surface area contributed by atoms with Crippen molar-refractivity contribution >= 4 is 23.2 Å². The van der Waals surface area contributed by atoms with E-state index < -0.39 is 11.8 Å². The van der Waals surface area contributed by atoms with Crippen molar-refractivity contribution in [2.75, 3.05) is 5.73 Å². The maximum Gasteiger partial charge on any atom is 0.306 e. The number of ketones is 1. The molecule has 1 saturated carbocycles. The fourth-order valence-electron chi connectivity index (χ4n) is 4.74. The fourth-order valence-corrected chi connectivity index (χ4v) is 4.74. The van der Waals surface area contributed by atoms with Crippen LogP contribution in [-0.4, -0.2) is 41.2 Å². The third-order valence-corrected chi connectivity index (χ3v) is 6.52. The molecule has 5 rings (SSSR count). The molecule has 3 aromatic heterocycles. The average molecular weight is 462 g/mol. The number of carbonyl (C=O) groups is 2. The van der Waals surface area contributed by atoms with E-state index in [1.165, 1.54) is 22.2 Å². The molecule has 3 heterocycles. The van der Waals surface area contributed by atoms with Crippen LogP contribution >= 0.6 is 0 Å². The van der Waals surface area contributed by atoms with Gasteiger partial charge in [0, 0.05) is 23.2 Å². The number of rotatable bonds is 5. The molecule has 0 unspecified atom stereocenters. The van der Waals surface area contributed by atoms with Crippen LogP contribution in [0.15, 0.2) is 42.9 Å². The van der Waals surface area contributed by atoms with Crippen LogP contribution < -0.4 is 5.73 Å². The molecule has 4 aromatic rings. The van der Waals surface area contributed by atoms with Gasteiger partial charge < -0.3 is 10.8 Å². The highest BCUT2D eigenvalue weighted by Crippen LogP contribution is 2.39. The lowest BCUT2D eigenvalue weighted by atomic mass is 9.79. The van der Waals surface area contributed by atoms with E-state index in [0.29, 0.717) is 59.4 Å². The Morgan fingerprint density at radius 2 is 1.85 bits per heavy atom. The van der Waals surface area contributed by atoms with Gasteiger partial charge in [0.25, 0.3) is 0 Å². The predicted molar refractivity (Wildman–Crippen MR) is 122 cm³/mol. The molecule has 1 aliphatic rings. The van der Waals surface area contributed by atoms with Crippen LogP contribution in [-0.2, 0) is 4.79 Å². The first-order valence-corrected chi connectivity index (χ1v) is 11.1. The van der Waals surface area contributed by atoms with Crippen LogP contribution in [0.1, 0.15) is 54.6 Å². The van der Waals surface area contributed by atoms with E-state index in [2.05, 4.69) is 10.2 Å². The lowest BCUT2D eigenvalue weighted by Gasteiger charge is -2.27. The van der Waals surface area contributed by atoms with Gasteiger partial charge >= 0.3 is 5.97 Å². The van der Waals surface area contributed by atoms with E-state index in [4.69, 9.17) is 10.7 Å². The van der Waals surface area contributed by atoms with Gasteiger partial charge in [-0.2, -0.15) is 14.7 Å². The first-order valence-electron chi connectivity index (χ1n) is 11.1. The highest BCUT2D eigenvalue weighted by atomic mass is 19.1. The average Bonchev–Trinajstić information content (AvgIpc) is 3.46. The second kappa shape index (κ2) is 8.36. The number of Topliss-reactive ketones (excluding diaryl/α,β-unsaturated/α-hetero) is 1. The van der Waals surface area contributed by atoms with E-state index in [9.17, 15) is 19.1 Å². The topological polar surface area (TPSA) is 128 Å². The zero-order chi connectivity index (χ0) is 24.0. The molecule has 1 aromatic carbocycles. The van der Waals surface area contributed by atoms with Gasteiger partial charge in [-0.25, -0.2) is 14.1 Å². The Morgan fingerprint density at radius 1 is 1.12 bits per heavy atom. The summed E-state index contributed by atoms with van der Waals surface area (Å²) < 4.78 is 17.1. The number of nitrogens with zero attached hydrogens (tertiary/aromatic N) is 5. The van der Waals surface area contributed by atoms with E-state index >= 15 is 0 Å². The third kappa shape index (κ3) is 3.60. The normalized spacial score (nSPS) is 18.3. The number of carbonyl (C=O) groups excluding carboxylic acids is 1. The number of hydrogen-bond acceptors (Lipinski definition) is 6. The Morgan fingerprint density at radius 3 is 2.53 bits per heavy atom. The van der Waals surface area contributed by atoms with E-state index in [1.54, 1.807) is 36.8 Å². The van der Waals surface area contributed by atoms with Crippen molar-refractivity contribution in [3.8, 4) is 16.8 Å². The SMILES string of the molecule is CC(=O)c1c(C2CCC(C(=O)O)CC2)nc2c(-c3cnn(-c4ccccc4F)c3)cnn2c1N. The highest BCUT2D eigenvalue weighted by molar-refractivity contribution is 6.00. The standard InChI is InChI=1S/C24H23FN6O3/c1-13(32)20-21(14-6-8-15(9-7-14)24(33)34)29-23-17(11-28-31(23)22(20)26)16-10-27-30(12-16)19-5-3-2-4-18(19)25/h2-5,10-12,14-15H,6-9,26H2,1H3,(H,33,34). The van der Waals surface area contributed by atoms with Gasteiger partial charge in [0.2, 0.25) is 0 Å². The molecule has 1 aliphatic carbocycles. The number of fused-ring (bicyclic) bond motifs is 1. The summed E-state index contributed by atoms with van der Waals surface area (Å²) in [6.45, 7) is 1.44. The second-order valence-corrected chi connectivity index (χ2v) is 8.62. The Balaban J connectivity index is 1.59. The van der Waals surface area contributed by atoms with E-state index in [0.717, 1.165) is 0 Å². The number of aromatic nitrogens is 5. The molecule has 0 amide bonds. The van der Waals surface area contributed by atoms with Crippen molar-refractivity contribution in [2.45, 2.75) is 38.5 Å². The Hall–Kier alpha value is -4.08. The number of nitrogen functional groups attached to an aromatic ring is 1. The highest BCUT2D eigenvalue weighted by Gasteiger charge is 2.31. The molecule has 0 radical (unpaired) electrons. The first-order chi connectivity index (χ1) is 16.3. The summed E-state index contributed by atoms with van der Waals surface area (Å²) in [5, 5.41) is 18.0. The number of anilines is 1. The van der Waals surface area contributed by atoms with Crippen LogP contribution in [0, 0.1) is 11.7 Å². The summed E-state index contributed by atoms with van der Waals surface area (Å²) >= 11 is 0. The summed E-state index contributed by atoms with van der Waals surface area (Å²) in [5.74, 6) is -1.67. The van der Waals surface area contributed by atoms with E-state index in [1.807, 2.05) is 0 Å². The summed E-state index contributed by atoms with van der Waals surface area (Å²) in [6, 6.07) is 6.33. The van der Waals surface area contributed by atoms with Gasteiger partial charge in [0.15, 0.2) is 11.4 Å². The smallest absolute Gasteiger partial charge is 0.306 e. The maximum atomic E-state index is 14.2. The summed E-state index contributed by atoms with van der Waals surface area (Å²) in [4.78, 5) is 28.7. The summed E-state index contributed by atoms with van der Waals surface area (Å²) in [6.07, 6.45) is 7.12. The number of para-hydroxylation sites is 1. The second-order valence-electron chi connectivity index (χ2n) is 8.62. The number of carboxylic acid groups (broad SMARTS) is 1. The zero-order valence-electron chi connectivity index (χ0n) is 18.5. The minimum absolute atomic E-state index is 0.0781. The van der Waals surface area contributed by atoms with Crippen molar-refractivity contribution in [1.82, 2.24) is 24.4 Å². The maximum absolute atomic E-state index is 14.2. The van der Waals surface area contributed by atoms with Gasteiger partial charge in [-0.3, -0.25) is 9.59 Å². The van der Waals surface area contributed by atoms with E-state index in [-0.39, 0.29) is 23.4 Å². The summed E-state index contributed by atoms with van der Waals surface area (Å²) in [5.41, 5.74) is 9.37. The van der Waals surface area contributed by atoms with Gasteiger partial charge in [-0.1, -0.05) is 12.1 Å². The van der Waals surface area contributed by atoms with Crippen molar-refractivity contribution < 1.29 is 19.1 Å². The number of nitrogens with two attached hydrogens (primary N) is 1. The molecular formula is C24H23FN6O3. The van der Waals surface area contributed by atoms with Crippen molar-refractivity contribution in [2.24, 2.45) is 5.92 Å². The molecule has 1 fully saturated rings. The molecule has 174 valence electrons. The molecule has 0 atom stereocenters. The van der Waals surface area contributed by atoms with Crippen LogP contribution in [0.4, 0.5) is 10.2 Å². The van der Waals surface area contributed by atoms with Crippen LogP contribution in [0.5, 0.6) is 0 Å². The van der Waals surface area contributed by atoms with Crippen molar-refractivity contribution in [3.05, 3.63) is 59.9 Å². The number of carboxylic acids is 1. The minimum Gasteiger partial charge on any atom is -0.481 e. The fraction of sp³-hybridized carbons (Fsp3) is 0.292. The van der Waals surface area contributed by atoms with Gasteiger partial charge in [0.1, 0.15) is 17.3 Å². The first kappa shape index (κ1) is 21.7. The summed E-state index contributed by atoms with van der Waals surface area (Å²) in [7, 11) is 0. The molecule has 10 heteroatoms. The molecule has 34 heavy (non-hydrogen) atoms. The molecule has 9 nitrogen and oxygen atoms in total. The molecule has 0 bridgehead atoms. The van der Waals surface area contributed by atoms with Crippen LogP contribution in [0.2, 0.25) is 0 Å². The Labute approximate surface area is 194 Å². The number of benzene rings is 1. The number of halogens is 1. The van der Waals surface area contributed by atoms with Crippen molar-refractivity contribution in [3.63, 3.8) is 0 Å². The lowest BCUT2D eigenvalue weighted by Crippen LogP contribution is -2.23. The largest absolute Gasteiger partial charge is 0.481 e.